The van der Waals surface area contributed by atoms with E-state index in [9.17, 15) is 0 Å². The van der Waals surface area contributed by atoms with Crippen molar-refractivity contribution in [3.63, 3.8) is 0 Å². The van der Waals surface area contributed by atoms with Crippen molar-refractivity contribution in [3.05, 3.63) is 0 Å². The molecule has 0 rings (SSSR count). The lowest BCUT2D eigenvalue weighted by atomic mass is 9.66. The highest BCUT2D eigenvalue weighted by Crippen LogP contribution is 2.44. The van der Waals surface area contributed by atoms with E-state index in [1.54, 1.807) is 0 Å². The van der Waals surface area contributed by atoms with E-state index in [0.29, 0.717) is 5.41 Å². The van der Waals surface area contributed by atoms with Gasteiger partial charge in [-0.3, -0.25) is 0 Å². The molecule has 0 saturated heterocycles. The summed E-state index contributed by atoms with van der Waals surface area (Å²) in [6.07, 6.45) is 15.5. The Morgan fingerprint density at radius 2 is 1.40 bits per heavy atom. The Morgan fingerprint density at radius 1 is 0.700 bits per heavy atom. The number of unbranched alkanes of at least 4 members (excludes halogenated alkanes) is 2. The summed E-state index contributed by atoms with van der Waals surface area (Å²) in [7, 11) is 0. The molecule has 20 heavy (non-hydrogen) atoms. The second-order valence-electron chi connectivity index (χ2n) is 7.30. The van der Waals surface area contributed by atoms with Crippen LogP contribution in [0.4, 0.5) is 0 Å². The predicted molar refractivity (Wildman–Crippen MR) is 94.2 cm³/mol. The zero-order chi connectivity index (χ0) is 15.4. The molecular weight excluding hydrogens is 240 g/mol. The topological polar surface area (TPSA) is 0 Å². The maximum absolute atomic E-state index is 2.52. The standard InChI is InChI=1S/C20H42/c1-7-11-12-14-18(5)15-17-20(10-4,16-9-3)19(6)13-8-2/h18-19H,7-17H2,1-6H3. The lowest BCUT2D eigenvalue weighted by molar-refractivity contribution is 0.112. The third kappa shape index (κ3) is 7.14. The SMILES string of the molecule is CCCCCC(C)CCC(CC)(CCC)C(C)CCC. The first kappa shape index (κ1) is 20.0. The molecule has 0 radical (unpaired) electrons. The lowest BCUT2D eigenvalue weighted by Crippen LogP contribution is -2.29. The molecule has 0 aromatic carbocycles. The quantitative estimate of drug-likeness (QED) is 0.305. The second kappa shape index (κ2) is 11.6. The minimum Gasteiger partial charge on any atom is -0.0654 e. The van der Waals surface area contributed by atoms with Gasteiger partial charge in [-0.05, 0) is 30.1 Å². The summed E-state index contributed by atoms with van der Waals surface area (Å²) in [4.78, 5) is 0. The molecule has 0 aliphatic rings. The zero-order valence-corrected chi connectivity index (χ0v) is 15.4. The summed E-state index contributed by atoms with van der Waals surface area (Å²) in [5.41, 5.74) is 0.629. The van der Waals surface area contributed by atoms with Crippen molar-refractivity contribution in [2.45, 2.75) is 112 Å². The van der Waals surface area contributed by atoms with Gasteiger partial charge in [0.05, 0.1) is 0 Å². The van der Waals surface area contributed by atoms with Gasteiger partial charge in [-0.25, -0.2) is 0 Å². The van der Waals surface area contributed by atoms with E-state index < -0.39 is 0 Å². The van der Waals surface area contributed by atoms with Crippen LogP contribution in [-0.2, 0) is 0 Å². The van der Waals surface area contributed by atoms with E-state index in [2.05, 4.69) is 41.5 Å². The van der Waals surface area contributed by atoms with E-state index in [1.165, 1.54) is 70.6 Å². The van der Waals surface area contributed by atoms with Crippen LogP contribution in [0.1, 0.15) is 112 Å². The van der Waals surface area contributed by atoms with Crippen LogP contribution in [0, 0.1) is 17.3 Å². The first-order chi connectivity index (χ1) is 9.56. The van der Waals surface area contributed by atoms with Crippen molar-refractivity contribution in [1.82, 2.24) is 0 Å². The number of rotatable bonds is 13. The lowest BCUT2D eigenvalue weighted by Gasteiger charge is -2.40. The molecule has 0 bridgehead atoms. The van der Waals surface area contributed by atoms with E-state index in [0.717, 1.165) is 11.8 Å². The predicted octanol–water partition coefficient (Wildman–Crippen LogP) is 7.62. The van der Waals surface area contributed by atoms with Gasteiger partial charge in [0.25, 0.3) is 0 Å². The average Bonchev–Trinajstić information content (AvgIpc) is 2.44. The fraction of sp³-hybridized carbons (Fsp3) is 1.00. The third-order valence-electron chi connectivity index (χ3n) is 5.65. The van der Waals surface area contributed by atoms with Crippen LogP contribution >= 0.6 is 0 Å². The molecule has 0 aromatic rings. The molecule has 0 amide bonds. The smallest absolute Gasteiger partial charge is 0.0274 e. The molecule has 0 heteroatoms. The molecule has 122 valence electrons. The summed E-state index contributed by atoms with van der Waals surface area (Å²) in [6, 6.07) is 0. The highest BCUT2D eigenvalue weighted by Gasteiger charge is 2.32. The monoisotopic (exact) mass is 282 g/mol. The van der Waals surface area contributed by atoms with Gasteiger partial charge >= 0.3 is 0 Å². The fourth-order valence-corrected chi connectivity index (χ4v) is 3.98. The fourth-order valence-electron chi connectivity index (χ4n) is 3.98. The van der Waals surface area contributed by atoms with E-state index >= 15 is 0 Å². The highest BCUT2D eigenvalue weighted by molar-refractivity contribution is 4.83. The molecule has 0 aliphatic carbocycles. The summed E-state index contributed by atoms with van der Waals surface area (Å²) in [6.45, 7) is 14.4. The minimum atomic E-state index is 0.629. The van der Waals surface area contributed by atoms with Gasteiger partial charge < -0.3 is 0 Å². The largest absolute Gasteiger partial charge is 0.0654 e. The number of hydrogen-bond donors (Lipinski definition) is 0. The molecule has 0 fully saturated rings. The van der Waals surface area contributed by atoms with Crippen LogP contribution in [0.5, 0.6) is 0 Å². The van der Waals surface area contributed by atoms with E-state index in [1.807, 2.05) is 0 Å². The Kier molecular flexibility index (Phi) is 11.6. The third-order valence-corrected chi connectivity index (χ3v) is 5.65. The van der Waals surface area contributed by atoms with Crippen LogP contribution in [0.15, 0.2) is 0 Å². The highest BCUT2D eigenvalue weighted by atomic mass is 14.4. The number of hydrogen-bond acceptors (Lipinski definition) is 0. The molecule has 3 unspecified atom stereocenters. The Labute approximate surface area is 130 Å². The van der Waals surface area contributed by atoms with Crippen molar-refractivity contribution in [1.29, 1.82) is 0 Å². The van der Waals surface area contributed by atoms with Crippen LogP contribution < -0.4 is 0 Å². The van der Waals surface area contributed by atoms with E-state index in [-0.39, 0.29) is 0 Å². The van der Waals surface area contributed by atoms with Gasteiger partial charge in [0.2, 0.25) is 0 Å². The second-order valence-corrected chi connectivity index (χ2v) is 7.30. The van der Waals surface area contributed by atoms with Gasteiger partial charge in [-0.1, -0.05) is 99.3 Å². The van der Waals surface area contributed by atoms with Crippen molar-refractivity contribution < 1.29 is 0 Å². The molecule has 3 atom stereocenters. The summed E-state index contributed by atoms with van der Waals surface area (Å²) in [5.74, 6) is 1.83. The van der Waals surface area contributed by atoms with Crippen molar-refractivity contribution in [2.24, 2.45) is 17.3 Å². The molecule has 0 N–H and O–H groups in total. The Balaban J connectivity index is 4.41. The molecular formula is C20H42. The first-order valence-corrected chi connectivity index (χ1v) is 9.56. The van der Waals surface area contributed by atoms with Crippen LogP contribution in [0.2, 0.25) is 0 Å². The summed E-state index contributed by atoms with van der Waals surface area (Å²) in [5, 5.41) is 0. The Morgan fingerprint density at radius 3 is 1.90 bits per heavy atom. The molecule has 0 aliphatic heterocycles. The normalized spacial score (nSPS) is 17.7. The molecule has 0 heterocycles. The zero-order valence-electron chi connectivity index (χ0n) is 15.4. The van der Waals surface area contributed by atoms with Gasteiger partial charge in [-0.2, -0.15) is 0 Å². The van der Waals surface area contributed by atoms with Gasteiger partial charge in [0.1, 0.15) is 0 Å². The minimum absolute atomic E-state index is 0.629. The van der Waals surface area contributed by atoms with Crippen LogP contribution in [0.3, 0.4) is 0 Å². The van der Waals surface area contributed by atoms with Crippen molar-refractivity contribution in [2.75, 3.05) is 0 Å². The van der Waals surface area contributed by atoms with E-state index in [4.69, 9.17) is 0 Å². The summed E-state index contributed by atoms with van der Waals surface area (Å²) < 4.78 is 0. The Bertz CT molecular complexity index is 208. The van der Waals surface area contributed by atoms with Gasteiger partial charge in [0, 0.05) is 0 Å². The van der Waals surface area contributed by atoms with Crippen LogP contribution in [0.25, 0.3) is 0 Å². The maximum atomic E-state index is 2.52. The molecule has 0 saturated carbocycles. The van der Waals surface area contributed by atoms with Crippen molar-refractivity contribution in [3.8, 4) is 0 Å². The van der Waals surface area contributed by atoms with Gasteiger partial charge in [0.15, 0.2) is 0 Å². The summed E-state index contributed by atoms with van der Waals surface area (Å²) >= 11 is 0. The van der Waals surface area contributed by atoms with Crippen molar-refractivity contribution >= 4 is 0 Å². The van der Waals surface area contributed by atoms with Crippen LogP contribution in [-0.4, -0.2) is 0 Å². The molecule has 0 spiro atoms. The first-order valence-electron chi connectivity index (χ1n) is 9.56. The average molecular weight is 283 g/mol. The maximum Gasteiger partial charge on any atom is -0.0274 e. The Hall–Kier alpha value is 0. The molecule has 0 aromatic heterocycles. The molecule has 0 nitrogen and oxygen atoms in total. The van der Waals surface area contributed by atoms with Gasteiger partial charge in [-0.15, -0.1) is 0 Å².